The molecule has 0 fully saturated rings. The van der Waals surface area contributed by atoms with Gasteiger partial charge in [0.05, 0.1) is 56.0 Å². The van der Waals surface area contributed by atoms with Crippen molar-refractivity contribution in [2.75, 3.05) is 38.7 Å². The molecule has 12 nitrogen and oxygen atoms in total. The lowest BCUT2D eigenvalue weighted by atomic mass is 10.1. The fraction of sp³-hybridized carbons (Fsp3) is 0.429. The number of nitrogens with zero attached hydrogens (tertiary/aromatic N) is 4. The maximum absolute atomic E-state index is 9.19. The summed E-state index contributed by atoms with van der Waals surface area (Å²) >= 11 is 3.66. The number of hydrogen-bond acceptors (Lipinski definition) is 12. The fourth-order valence-corrected chi connectivity index (χ4v) is 6.64. The Morgan fingerprint density at radius 3 is 1.41 bits per heavy atom. The normalized spacial score (nSPS) is 14.6. The highest BCUT2D eigenvalue weighted by atomic mass is 32.2. The van der Waals surface area contributed by atoms with E-state index in [9.17, 15) is 16.8 Å². The molecular formula is C28H36N6O6S4. The van der Waals surface area contributed by atoms with Crippen LogP contribution < -0.4 is 10.6 Å². The summed E-state index contributed by atoms with van der Waals surface area (Å²) in [4.78, 5) is 18.7. The number of aliphatic imine (C=N–C) groups is 2. The monoisotopic (exact) mass is 680 g/mol. The van der Waals surface area contributed by atoms with E-state index in [1.165, 1.54) is 56.2 Å². The van der Waals surface area contributed by atoms with E-state index in [-0.39, 0.29) is 0 Å². The van der Waals surface area contributed by atoms with E-state index in [4.69, 9.17) is 19.1 Å². The van der Waals surface area contributed by atoms with Gasteiger partial charge < -0.3 is 10.6 Å². The second-order valence-corrected chi connectivity index (χ2v) is 15.4. The number of thiazole rings is 2. The highest BCUT2D eigenvalue weighted by Gasteiger charge is 2.12. The highest BCUT2D eigenvalue weighted by molar-refractivity contribution is 7.85. The summed E-state index contributed by atoms with van der Waals surface area (Å²) in [5.41, 5.74) is 4.57. The zero-order chi connectivity index (χ0) is 31.7. The lowest BCUT2D eigenvalue weighted by Crippen LogP contribution is -2.19. The van der Waals surface area contributed by atoms with E-state index in [0.29, 0.717) is 12.5 Å². The van der Waals surface area contributed by atoms with E-state index >= 15 is 0 Å². The summed E-state index contributed by atoms with van der Waals surface area (Å²) < 4.78 is 54.3. The van der Waals surface area contributed by atoms with Crippen molar-refractivity contribution in [1.29, 1.82) is 0 Å². The lowest BCUT2D eigenvalue weighted by molar-refractivity contribution is 0.488. The topological polar surface area (TPSA) is 183 Å². The van der Waals surface area contributed by atoms with E-state index < -0.39 is 20.2 Å². The maximum Gasteiger partial charge on any atom is 0.261 e. The number of unbranched alkanes of at least 4 members (excludes halogenated alkanes) is 3. The Morgan fingerprint density at radius 2 is 1.07 bits per heavy atom. The van der Waals surface area contributed by atoms with Gasteiger partial charge in [0.1, 0.15) is 11.7 Å². The first kappa shape index (κ1) is 33.9. The predicted octanol–water partition coefficient (Wildman–Crippen LogP) is 3.96. The van der Waals surface area contributed by atoms with Gasteiger partial charge in [-0.25, -0.2) is 9.97 Å². The third kappa shape index (κ3) is 11.5. The van der Waals surface area contributed by atoms with Crippen molar-refractivity contribution < 1.29 is 25.9 Å². The summed E-state index contributed by atoms with van der Waals surface area (Å²) in [7, 11) is -7.33. The quantitative estimate of drug-likeness (QED) is 0.149. The molecule has 0 radical (unpaired) electrons. The Morgan fingerprint density at radius 1 is 0.682 bits per heavy atom. The standard InChI is InChI=1S/C26H28N6S2.2CH4O3S/c1(3-5-23-31-19-9-7-17(15-21(19)33-23)25-27-11-12-28-25)2-4-6-24-32-20-10-8-18(16-22(20)34-24)26-29-13-14-30-26;2*1-5(2,3)4/h7-10,15-16H,1-6,11-14H2,(H,27,28)(H,29,30);2*1H3,(H,2,3,4). The molecule has 44 heavy (non-hydrogen) atoms. The molecule has 4 aromatic rings. The van der Waals surface area contributed by atoms with Gasteiger partial charge in [0.15, 0.2) is 0 Å². The van der Waals surface area contributed by atoms with Gasteiger partial charge in [-0.2, -0.15) is 16.8 Å². The number of rotatable bonds is 9. The second kappa shape index (κ2) is 15.3. The molecule has 0 bridgehead atoms. The van der Waals surface area contributed by atoms with Gasteiger partial charge in [0.2, 0.25) is 0 Å². The average molecular weight is 681 g/mol. The van der Waals surface area contributed by atoms with Gasteiger partial charge in [-0.1, -0.05) is 12.8 Å². The number of fused-ring (bicyclic) bond motifs is 2. The summed E-state index contributed by atoms with van der Waals surface area (Å²) in [5, 5.41) is 9.20. The summed E-state index contributed by atoms with van der Waals surface area (Å²) in [6.07, 6.45) is 8.43. The van der Waals surface area contributed by atoms with Gasteiger partial charge in [-0.3, -0.25) is 19.1 Å². The lowest BCUT2D eigenvalue weighted by Gasteiger charge is -2.01. The fourth-order valence-electron chi connectivity index (χ4n) is 4.54. The van der Waals surface area contributed by atoms with Gasteiger partial charge in [0.25, 0.3) is 20.2 Å². The zero-order valence-electron chi connectivity index (χ0n) is 24.5. The molecule has 2 aliphatic heterocycles. The largest absolute Gasteiger partial charge is 0.368 e. The molecule has 6 rings (SSSR count). The van der Waals surface area contributed by atoms with Crippen LogP contribution in [0.5, 0.6) is 0 Å². The summed E-state index contributed by atoms with van der Waals surface area (Å²) in [6, 6.07) is 13.0. The summed E-state index contributed by atoms with van der Waals surface area (Å²) in [5.74, 6) is 2.04. The maximum atomic E-state index is 9.19. The molecule has 0 aliphatic carbocycles. The Balaban J connectivity index is 0.000000386. The first-order chi connectivity index (χ1) is 20.8. The van der Waals surface area contributed by atoms with Crippen molar-refractivity contribution in [2.24, 2.45) is 9.98 Å². The third-order valence-corrected chi connectivity index (χ3v) is 8.45. The van der Waals surface area contributed by atoms with E-state index in [0.717, 1.165) is 61.7 Å². The zero-order valence-corrected chi connectivity index (χ0v) is 27.8. The Hall–Kier alpha value is -3.02. The van der Waals surface area contributed by atoms with Gasteiger partial charge >= 0.3 is 0 Å². The minimum absolute atomic E-state index is 0.715. The van der Waals surface area contributed by atoms with Crippen LogP contribution in [0.1, 0.15) is 46.8 Å². The van der Waals surface area contributed by atoms with Crippen LogP contribution in [0.3, 0.4) is 0 Å². The molecule has 0 saturated carbocycles. The first-order valence-electron chi connectivity index (χ1n) is 14.0. The van der Waals surface area contributed by atoms with E-state index in [1.54, 1.807) is 0 Å². The molecule has 2 aliphatic rings. The SMILES string of the molecule is CS(=O)(=O)O.CS(=O)(=O)O.c1cc2nc(CCCCCCc3nc4ccc(C5=NCCN5)cc4s3)sc2cc1C1=NCCN1. The molecule has 238 valence electrons. The van der Waals surface area contributed by atoms with Crippen LogP contribution >= 0.6 is 22.7 Å². The molecule has 4 N–H and O–H groups in total. The van der Waals surface area contributed by atoms with Crippen molar-refractivity contribution >= 4 is 75.0 Å². The molecule has 0 atom stereocenters. The third-order valence-electron chi connectivity index (χ3n) is 6.29. The van der Waals surface area contributed by atoms with Gasteiger partial charge in [-0.15, -0.1) is 22.7 Å². The molecule has 0 unspecified atom stereocenters. The van der Waals surface area contributed by atoms with Crippen LogP contribution in [0.15, 0.2) is 46.4 Å². The van der Waals surface area contributed by atoms with Crippen molar-refractivity contribution in [1.82, 2.24) is 20.6 Å². The first-order valence-corrected chi connectivity index (χ1v) is 19.4. The predicted molar refractivity (Wildman–Crippen MR) is 179 cm³/mol. The number of aromatic nitrogens is 2. The molecule has 4 heterocycles. The highest BCUT2D eigenvalue weighted by Crippen LogP contribution is 2.27. The second-order valence-electron chi connectivity index (χ2n) is 10.3. The number of benzene rings is 2. The molecule has 2 aromatic carbocycles. The number of nitrogens with one attached hydrogen (secondary N) is 2. The van der Waals surface area contributed by atoms with E-state index in [2.05, 4.69) is 57.0 Å². The smallest absolute Gasteiger partial charge is 0.261 e. The van der Waals surface area contributed by atoms with Gasteiger partial charge in [-0.05, 0) is 62.1 Å². The van der Waals surface area contributed by atoms with E-state index in [1.807, 2.05) is 22.7 Å². The minimum atomic E-state index is -3.67. The Labute approximate surface area is 265 Å². The van der Waals surface area contributed by atoms with Crippen molar-refractivity contribution in [3.63, 3.8) is 0 Å². The van der Waals surface area contributed by atoms with Crippen LogP contribution in [0.2, 0.25) is 0 Å². The average Bonchev–Trinajstić information content (AvgIpc) is 3.74. The van der Waals surface area contributed by atoms with Crippen LogP contribution in [-0.2, 0) is 33.1 Å². The van der Waals surface area contributed by atoms with Crippen LogP contribution in [0.25, 0.3) is 20.4 Å². The molecule has 0 saturated heterocycles. The molecule has 0 amide bonds. The molecule has 0 spiro atoms. The minimum Gasteiger partial charge on any atom is -0.368 e. The summed E-state index contributed by atoms with van der Waals surface area (Å²) in [6.45, 7) is 3.62. The van der Waals surface area contributed by atoms with Crippen molar-refractivity contribution in [3.05, 3.63) is 57.5 Å². The van der Waals surface area contributed by atoms with Gasteiger partial charge in [0, 0.05) is 24.2 Å². The molecule has 2 aromatic heterocycles. The van der Waals surface area contributed by atoms with Crippen molar-refractivity contribution in [2.45, 2.75) is 38.5 Å². The molecule has 16 heteroatoms. The number of aryl methyl sites for hydroxylation is 2. The number of amidine groups is 2. The van der Waals surface area contributed by atoms with Crippen LogP contribution in [0.4, 0.5) is 0 Å². The Kier molecular flexibility index (Phi) is 11.8. The molecular weight excluding hydrogens is 645 g/mol. The Bertz CT molecular complexity index is 1710. The number of hydrogen-bond donors (Lipinski definition) is 4. The van der Waals surface area contributed by atoms with Crippen LogP contribution in [-0.4, -0.2) is 86.3 Å². The van der Waals surface area contributed by atoms with Crippen molar-refractivity contribution in [3.8, 4) is 0 Å². The van der Waals surface area contributed by atoms with Crippen LogP contribution in [0, 0.1) is 0 Å².